The van der Waals surface area contributed by atoms with E-state index in [0.29, 0.717) is 35.8 Å². The van der Waals surface area contributed by atoms with Crippen LogP contribution >= 0.6 is 0 Å². The van der Waals surface area contributed by atoms with Crippen LogP contribution in [0.4, 0.5) is 0 Å². The second kappa shape index (κ2) is 7.27. The van der Waals surface area contributed by atoms with Crippen LogP contribution in [0.15, 0.2) is 23.5 Å². The number of carbonyl (C=O) groups excluding carboxylic acids is 2. The highest BCUT2D eigenvalue weighted by Crippen LogP contribution is 2.52. The average molecular weight is 362 g/mol. The van der Waals surface area contributed by atoms with Gasteiger partial charge in [0.1, 0.15) is 23.2 Å². The van der Waals surface area contributed by atoms with E-state index in [0.717, 1.165) is 12.0 Å². The van der Waals surface area contributed by atoms with Crippen molar-refractivity contribution in [2.75, 3.05) is 35.0 Å². The number of Topliss-reactive ketones (excluding diaryl/α,β-unsaturated/α-hetero) is 1. The first-order chi connectivity index (χ1) is 12.6. The van der Waals surface area contributed by atoms with E-state index in [1.54, 1.807) is 19.2 Å². The van der Waals surface area contributed by atoms with E-state index in [4.69, 9.17) is 23.7 Å². The highest BCUT2D eigenvalue weighted by Gasteiger charge is 2.51. The molecule has 0 saturated carbocycles. The van der Waals surface area contributed by atoms with E-state index in [1.807, 2.05) is 0 Å². The lowest BCUT2D eigenvalue weighted by Gasteiger charge is -2.25. The van der Waals surface area contributed by atoms with Crippen LogP contribution in [-0.4, -0.2) is 46.8 Å². The molecule has 0 amide bonds. The lowest BCUT2D eigenvalue weighted by Crippen LogP contribution is -2.28. The highest BCUT2D eigenvalue weighted by atomic mass is 16.5. The van der Waals surface area contributed by atoms with E-state index in [2.05, 4.69) is 0 Å². The number of hydrogen-bond acceptors (Lipinski definition) is 7. The van der Waals surface area contributed by atoms with Crippen molar-refractivity contribution in [1.29, 1.82) is 0 Å². The lowest BCUT2D eigenvalue weighted by molar-refractivity contribution is -0.149. The standard InChI is InChI=1S/C19H22O7/c1-22-10-8-12(23-2)15(13(9-10)24-3)14-11-6-5-7-26-18(11)17(20)16(14)19(21)25-4/h8-9,14,16H,5-7H2,1-4H3/t14-,16-/m1/s1. The van der Waals surface area contributed by atoms with E-state index >= 15 is 0 Å². The van der Waals surface area contributed by atoms with Gasteiger partial charge in [0.2, 0.25) is 5.78 Å². The molecule has 7 nitrogen and oxygen atoms in total. The van der Waals surface area contributed by atoms with Crippen molar-refractivity contribution < 1.29 is 33.3 Å². The largest absolute Gasteiger partial charge is 0.496 e. The Morgan fingerprint density at radius 3 is 2.27 bits per heavy atom. The number of ether oxygens (including phenoxy) is 5. The van der Waals surface area contributed by atoms with Crippen molar-refractivity contribution in [1.82, 2.24) is 0 Å². The molecule has 0 bridgehead atoms. The number of esters is 1. The third-order valence-electron chi connectivity index (χ3n) is 4.86. The topological polar surface area (TPSA) is 80.3 Å². The number of benzene rings is 1. The molecule has 1 heterocycles. The van der Waals surface area contributed by atoms with E-state index in [1.165, 1.54) is 21.3 Å². The van der Waals surface area contributed by atoms with E-state index in [-0.39, 0.29) is 11.5 Å². The smallest absolute Gasteiger partial charge is 0.317 e. The molecule has 7 heteroatoms. The van der Waals surface area contributed by atoms with Crippen molar-refractivity contribution in [2.45, 2.75) is 18.8 Å². The molecule has 1 aliphatic heterocycles. The van der Waals surface area contributed by atoms with Crippen LogP contribution in [0.3, 0.4) is 0 Å². The number of rotatable bonds is 5. The van der Waals surface area contributed by atoms with Crippen LogP contribution in [0.2, 0.25) is 0 Å². The summed E-state index contributed by atoms with van der Waals surface area (Å²) in [5, 5.41) is 0. The van der Waals surface area contributed by atoms with Gasteiger partial charge in [0.25, 0.3) is 0 Å². The van der Waals surface area contributed by atoms with Crippen LogP contribution in [0.5, 0.6) is 17.2 Å². The summed E-state index contributed by atoms with van der Waals surface area (Å²) in [6.07, 6.45) is 1.44. The van der Waals surface area contributed by atoms with Gasteiger partial charge in [-0.2, -0.15) is 0 Å². The van der Waals surface area contributed by atoms with Crippen LogP contribution in [0, 0.1) is 5.92 Å². The molecule has 0 fully saturated rings. The lowest BCUT2D eigenvalue weighted by atomic mass is 9.81. The first-order valence-corrected chi connectivity index (χ1v) is 8.35. The van der Waals surface area contributed by atoms with Gasteiger partial charge in [-0.3, -0.25) is 9.59 Å². The maximum atomic E-state index is 12.9. The Morgan fingerprint density at radius 1 is 1.08 bits per heavy atom. The zero-order chi connectivity index (χ0) is 18.8. The van der Waals surface area contributed by atoms with Gasteiger partial charge in [-0.1, -0.05) is 0 Å². The number of allylic oxidation sites excluding steroid dienone is 2. The maximum absolute atomic E-state index is 12.9. The monoisotopic (exact) mass is 362 g/mol. The molecule has 26 heavy (non-hydrogen) atoms. The predicted octanol–water partition coefficient (Wildman–Crippen LogP) is 2.23. The summed E-state index contributed by atoms with van der Waals surface area (Å²) in [4.78, 5) is 25.3. The Morgan fingerprint density at radius 2 is 1.73 bits per heavy atom. The summed E-state index contributed by atoms with van der Waals surface area (Å²) in [5.74, 6) is -0.735. The molecule has 0 saturated heterocycles. The Kier molecular flexibility index (Phi) is 5.06. The number of carbonyl (C=O) groups is 2. The minimum Gasteiger partial charge on any atom is -0.496 e. The van der Waals surface area contributed by atoms with Gasteiger partial charge in [-0.05, 0) is 18.4 Å². The molecule has 3 rings (SSSR count). The number of ketones is 1. The predicted molar refractivity (Wildman–Crippen MR) is 91.6 cm³/mol. The summed E-state index contributed by atoms with van der Waals surface area (Å²) in [5.41, 5.74) is 1.41. The fourth-order valence-electron chi connectivity index (χ4n) is 3.71. The maximum Gasteiger partial charge on any atom is 0.317 e. The summed E-state index contributed by atoms with van der Waals surface area (Å²) < 4.78 is 26.9. The molecule has 2 atom stereocenters. The third-order valence-corrected chi connectivity index (χ3v) is 4.86. The molecule has 2 aliphatic rings. The molecule has 0 N–H and O–H groups in total. The molecule has 0 spiro atoms. The molecule has 140 valence electrons. The fourth-order valence-corrected chi connectivity index (χ4v) is 3.71. The number of methoxy groups -OCH3 is 4. The molecular formula is C19H22O7. The zero-order valence-corrected chi connectivity index (χ0v) is 15.3. The SMILES string of the molecule is COC(=O)[C@H]1C(=O)C2=C(CCCO2)[C@@H]1c1c(OC)cc(OC)cc1OC. The van der Waals surface area contributed by atoms with Gasteiger partial charge in [-0.25, -0.2) is 0 Å². The van der Waals surface area contributed by atoms with Crippen molar-refractivity contribution in [3.8, 4) is 17.2 Å². The minimum absolute atomic E-state index is 0.275. The molecule has 0 unspecified atom stereocenters. The summed E-state index contributed by atoms with van der Waals surface area (Å²) in [6, 6.07) is 3.41. The minimum atomic E-state index is -1.01. The zero-order valence-electron chi connectivity index (χ0n) is 15.3. The van der Waals surface area contributed by atoms with E-state index < -0.39 is 17.8 Å². The quantitative estimate of drug-likeness (QED) is 0.587. The van der Waals surface area contributed by atoms with Gasteiger partial charge in [0.05, 0.1) is 35.0 Å². The van der Waals surface area contributed by atoms with Crippen molar-refractivity contribution in [3.63, 3.8) is 0 Å². The molecule has 0 radical (unpaired) electrons. The summed E-state index contributed by atoms with van der Waals surface area (Å²) in [7, 11) is 5.86. The van der Waals surface area contributed by atoms with Gasteiger partial charge < -0.3 is 23.7 Å². The summed E-state index contributed by atoms with van der Waals surface area (Å²) >= 11 is 0. The van der Waals surface area contributed by atoms with Gasteiger partial charge in [-0.15, -0.1) is 0 Å². The van der Waals surface area contributed by atoms with Gasteiger partial charge in [0, 0.05) is 23.6 Å². The van der Waals surface area contributed by atoms with Gasteiger partial charge in [0.15, 0.2) is 5.76 Å². The molecule has 1 aromatic rings. The average Bonchev–Trinajstić information content (AvgIpc) is 2.98. The third kappa shape index (κ3) is 2.77. The van der Waals surface area contributed by atoms with Crippen LogP contribution in [0.1, 0.15) is 24.3 Å². The second-order valence-electron chi connectivity index (χ2n) is 6.09. The molecule has 1 aromatic carbocycles. The fraction of sp³-hybridized carbons (Fsp3) is 0.474. The Labute approximate surface area is 151 Å². The number of hydrogen-bond donors (Lipinski definition) is 0. The Bertz CT molecular complexity index is 740. The molecule has 0 aromatic heterocycles. The van der Waals surface area contributed by atoms with Crippen LogP contribution < -0.4 is 14.2 Å². The van der Waals surface area contributed by atoms with E-state index in [9.17, 15) is 9.59 Å². The summed E-state index contributed by atoms with van der Waals surface area (Å²) in [6.45, 7) is 0.460. The Hall–Kier alpha value is -2.70. The van der Waals surface area contributed by atoms with Crippen molar-refractivity contribution in [2.24, 2.45) is 5.92 Å². The van der Waals surface area contributed by atoms with Crippen LogP contribution in [-0.2, 0) is 19.1 Å². The molecule has 1 aliphatic carbocycles. The highest BCUT2D eigenvalue weighted by molar-refractivity contribution is 6.11. The van der Waals surface area contributed by atoms with Crippen LogP contribution in [0.25, 0.3) is 0 Å². The second-order valence-corrected chi connectivity index (χ2v) is 6.09. The first kappa shape index (κ1) is 18.1. The molecular weight excluding hydrogens is 340 g/mol. The Balaban J connectivity index is 2.23. The first-order valence-electron chi connectivity index (χ1n) is 8.35. The van der Waals surface area contributed by atoms with Crippen molar-refractivity contribution in [3.05, 3.63) is 29.0 Å². The van der Waals surface area contributed by atoms with Gasteiger partial charge >= 0.3 is 5.97 Å². The van der Waals surface area contributed by atoms with Crippen molar-refractivity contribution >= 4 is 11.8 Å². The normalized spacial score (nSPS) is 21.8.